The Morgan fingerprint density at radius 2 is 1.62 bits per heavy atom. The zero-order chi connectivity index (χ0) is 18.3. The largest absolute Gasteiger partial charge is 0.481 e. The van der Waals surface area contributed by atoms with Crippen molar-refractivity contribution in [2.45, 2.75) is 71.6 Å². The Bertz CT molecular complexity index is 442. The Balaban J connectivity index is 2.54. The maximum atomic E-state index is 12.2. The molecule has 1 rings (SSSR count). The van der Waals surface area contributed by atoms with Crippen LogP contribution in [-0.2, 0) is 23.9 Å². The second kappa shape index (κ2) is 9.61. The molecule has 0 aromatic rings. The molecule has 7 heteroatoms. The Hall–Kier alpha value is -1.63. The molecule has 1 fully saturated rings. The lowest BCUT2D eigenvalue weighted by molar-refractivity contribution is -0.193. The van der Waals surface area contributed by atoms with E-state index in [2.05, 4.69) is 0 Å². The molecule has 138 valence electrons. The van der Waals surface area contributed by atoms with Gasteiger partial charge in [-0.15, -0.1) is 0 Å². The van der Waals surface area contributed by atoms with E-state index in [0.717, 1.165) is 0 Å². The lowest BCUT2D eigenvalue weighted by Gasteiger charge is -2.30. The molecule has 0 aliphatic heterocycles. The number of rotatable bonds is 8. The van der Waals surface area contributed by atoms with Gasteiger partial charge in [-0.05, 0) is 38.0 Å². The molecule has 0 aromatic carbocycles. The monoisotopic (exact) mass is 343 g/mol. The summed E-state index contributed by atoms with van der Waals surface area (Å²) in [6, 6.07) is -0.822. The van der Waals surface area contributed by atoms with Crippen LogP contribution < -0.4 is 5.73 Å². The van der Waals surface area contributed by atoms with Gasteiger partial charge in [0, 0.05) is 6.42 Å². The minimum Gasteiger partial charge on any atom is -0.481 e. The molecule has 1 saturated carbocycles. The fraction of sp³-hybridized carbons (Fsp3) is 0.824. The number of carboxylic acids is 1. The van der Waals surface area contributed by atoms with E-state index in [1.54, 1.807) is 13.8 Å². The van der Waals surface area contributed by atoms with E-state index in [4.69, 9.17) is 20.3 Å². The third-order valence-corrected chi connectivity index (χ3v) is 4.39. The second-order valence-electron chi connectivity index (χ2n) is 6.72. The third kappa shape index (κ3) is 6.11. The van der Waals surface area contributed by atoms with Gasteiger partial charge in [-0.2, -0.15) is 0 Å². The van der Waals surface area contributed by atoms with Gasteiger partial charge in [-0.3, -0.25) is 14.4 Å². The molecule has 2 unspecified atom stereocenters. The van der Waals surface area contributed by atoms with Crippen LogP contribution in [0.1, 0.15) is 59.3 Å². The molecule has 0 radical (unpaired) electrons. The minimum atomic E-state index is -0.918. The van der Waals surface area contributed by atoms with Crippen molar-refractivity contribution < 1.29 is 29.0 Å². The molecule has 1 aliphatic rings. The van der Waals surface area contributed by atoms with Gasteiger partial charge in [0.25, 0.3) is 0 Å². The summed E-state index contributed by atoms with van der Waals surface area (Å²) in [5.74, 6) is -2.57. The van der Waals surface area contributed by atoms with Gasteiger partial charge in [-0.25, -0.2) is 0 Å². The fourth-order valence-electron chi connectivity index (χ4n) is 2.77. The Kier molecular flexibility index (Phi) is 8.18. The van der Waals surface area contributed by atoms with E-state index in [-0.39, 0.29) is 17.8 Å². The summed E-state index contributed by atoms with van der Waals surface area (Å²) in [7, 11) is 0. The molecule has 2 atom stereocenters. The molecular weight excluding hydrogens is 314 g/mol. The van der Waals surface area contributed by atoms with Crippen molar-refractivity contribution in [3.63, 3.8) is 0 Å². The number of esters is 2. The standard InChI is InChI=1S/C17H29NO6/c1-4-5-13(23-16(21)10(2)3)24-17(22)14(18)11-6-8-12(9-7-11)15(19)20/h10-14H,4-9,18H2,1-3H3,(H,19,20). The maximum Gasteiger partial charge on any atom is 0.326 e. The topological polar surface area (TPSA) is 116 Å². The summed E-state index contributed by atoms with van der Waals surface area (Å²) >= 11 is 0. The summed E-state index contributed by atoms with van der Waals surface area (Å²) in [6.45, 7) is 5.32. The van der Waals surface area contributed by atoms with Crippen LogP contribution in [0.4, 0.5) is 0 Å². The van der Waals surface area contributed by atoms with Crippen molar-refractivity contribution in [1.82, 2.24) is 0 Å². The van der Waals surface area contributed by atoms with Gasteiger partial charge in [0.1, 0.15) is 6.04 Å². The highest BCUT2D eigenvalue weighted by molar-refractivity contribution is 5.77. The van der Waals surface area contributed by atoms with Gasteiger partial charge in [-0.1, -0.05) is 20.8 Å². The third-order valence-electron chi connectivity index (χ3n) is 4.39. The fourth-order valence-corrected chi connectivity index (χ4v) is 2.77. The van der Waals surface area contributed by atoms with Gasteiger partial charge < -0.3 is 20.3 Å². The van der Waals surface area contributed by atoms with Gasteiger partial charge >= 0.3 is 17.9 Å². The second-order valence-corrected chi connectivity index (χ2v) is 6.72. The average Bonchev–Trinajstić information content (AvgIpc) is 2.54. The number of carbonyl (C=O) groups excluding carboxylic acids is 2. The lowest BCUT2D eigenvalue weighted by atomic mass is 9.79. The van der Waals surface area contributed by atoms with Crippen molar-refractivity contribution >= 4 is 17.9 Å². The van der Waals surface area contributed by atoms with Crippen LogP contribution in [-0.4, -0.2) is 35.3 Å². The van der Waals surface area contributed by atoms with Crippen molar-refractivity contribution in [2.24, 2.45) is 23.5 Å². The highest BCUT2D eigenvalue weighted by Gasteiger charge is 2.34. The normalized spacial score (nSPS) is 23.4. The zero-order valence-electron chi connectivity index (χ0n) is 14.7. The average molecular weight is 343 g/mol. The van der Waals surface area contributed by atoms with Crippen molar-refractivity contribution in [3.8, 4) is 0 Å². The van der Waals surface area contributed by atoms with E-state index >= 15 is 0 Å². The van der Waals surface area contributed by atoms with Crippen LogP contribution >= 0.6 is 0 Å². The smallest absolute Gasteiger partial charge is 0.326 e. The van der Waals surface area contributed by atoms with Crippen LogP contribution in [0, 0.1) is 17.8 Å². The Morgan fingerprint density at radius 1 is 1.08 bits per heavy atom. The number of carbonyl (C=O) groups is 3. The number of nitrogens with two attached hydrogens (primary N) is 1. The first-order valence-electron chi connectivity index (χ1n) is 8.65. The van der Waals surface area contributed by atoms with Gasteiger partial charge in [0.15, 0.2) is 0 Å². The molecule has 0 spiro atoms. The van der Waals surface area contributed by atoms with Crippen molar-refractivity contribution in [3.05, 3.63) is 0 Å². The van der Waals surface area contributed by atoms with E-state index in [9.17, 15) is 14.4 Å². The highest BCUT2D eigenvalue weighted by atomic mass is 16.7. The quantitative estimate of drug-likeness (QED) is 0.512. The Labute approximate surface area is 142 Å². The first-order chi connectivity index (χ1) is 11.3. The maximum absolute atomic E-state index is 12.2. The van der Waals surface area contributed by atoms with Crippen LogP contribution in [0.3, 0.4) is 0 Å². The van der Waals surface area contributed by atoms with Crippen molar-refractivity contribution in [1.29, 1.82) is 0 Å². The number of hydrogen-bond acceptors (Lipinski definition) is 6. The molecule has 3 N–H and O–H groups in total. The molecule has 0 heterocycles. The van der Waals surface area contributed by atoms with Crippen molar-refractivity contribution in [2.75, 3.05) is 0 Å². The minimum absolute atomic E-state index is 0.101. The van der Waals surface area contributed by atoms with Crippen LogP contribution in [0.2, 0.25) is 0 Å². The number of ether oxygens (including phenoxy) is 2. The Morgan fingerprint density at radius 3 is 2.08 bits per heavy atom. The predicted molar refractivity (Wildman–Crippen MR) is 86.8 cm³/mol. The lowest BCUT2D eigenvalue weighted by Crippen LogP contribution is -2.43. The first-order valence-corrected chi connectivity index (χ1v) is 8.65. The predicted octanol–water partition coefficient (Wildman–Crippen LogP) is 2.07. The van der Waals surface area contributed by atoms with E-state index in [1.165, 1.54) is 0 Å². The summed E-state index contributed by atoms with van der Waals surface area (Å²) in [5.41, 5.74) is 5.99. The zero-order valence-corrected chi connectivity index (χ0v) is 14.7. The van der Waals surface area contributed by atoms with Gasteiger partial charge in [0.2, 0.25) is 6.29 Å². The first kappa shape index (κ1) is 20.4. The number of hydrogen-bond donors (Lipinski definition) is 2. The molecular formula is C17H29NO6. The van der Waals surface area contributed by atoms with Gasteiger partial charge in [0.05, 0.1) is 11.8 Å². The molecule has 1 aliphatic carbocycles. The highest BCUT2D eigenvalue weighted by Crippen LogP contribution is 2.31. The summed E-state index contributed by atoms with van der Waals surface area (Å²) in [4.78, 5) is 34.9. The van der Waals surface area contributed by atoms with Crippen LogP contribution in [0.15, 0.2) is 0 Å². The molecule has 0 amide bonds. The molecule has 0 aromatic heterocycles. The number of carboxylic acid groups (broad SMARTS) is 1. The molecule has 7 nitrogen and oxygen atoms in total. The number of aliphatic carboxylic acids is 1. The van der Waals surface area contributed by atoms with E-state index in [1.807, 2.05) is 6.92 Å². The van der Waals surface area contributed by atoms with Crippen LogP contribution in [0.5, 0.6) is 0 Å². The van der Waals surface area contributed by atoms with E-state index < -0.39 is 30.2 Å². The summed E-state index contributed by atoms with van der Waals surface area (Å²) in [5, 5.41) is 9.01. The summed E-state index contributed by atoms with van der Waals surface area (Å²) in [6.07, 6.45) is 2.39. The van der Waals surface area contributed by atoms with Crippen LogP contribution in [0.25, 0.3) is 0 Å². The molecule has 24 heavy (non-hydrogen) atoms. The SMILES string of the molecule is CCCC(OC(=O)C(C)C)OC(=O)C(N)C1CCC(C(=O)O)CC1. The van der Waals surface area contributed by atoms with E-state index in [0.29, 0.717) is 38.5 Å². The molecule has 0 bridgehead atoms. The summed E-state index contributed by atoms with van der Waals surface area (Å²) < 4.78 is 10.5. The molecule has 0 saturated heterocycles.